The lowest BCUT2D eigenvalue weighted by Gasteiger charge is -2.23. The first kappa shape index (κ1) is 25.1. The Hall–Kier alpha value is -4.59. The van der Waals surface area contributed by atoms with Gasteiger partial charge in [0.25, 0.3) is 0 Å². The van der Waals surface area contributed by atoms with E-state index in [0.717, 1.165) is 5.56 Å². The van der Waals surface area contributed by atoms with Gasteiger partial charge >= 0.3 is 17.9 Å². The van der Waals surface area contributed by atoms with E-state index in [0.29, 0.717) is 31.1 Å². The maximum atomic E-state index is 15.0. The third-order valence-electron chi connectivity index (χ3n) is 6.16. The van der Waals surface area contributed by atoms with Crippen molar-refractivity contribution in [1.29, 1.82) is 0 Å². The average Bonchev–Trinajstić information content (AvgIpc) is 3.49. The number of aromatic nitrogens is 3. The number of nitrogens with one attached hydrogen (secondary N) is 2. The highest BCUT2D eigenvalue weighted by Crippen LogP contribution is 2.28. The average molecular weight is 525 g/mol. The molecular formula is C24H24FN7O6. The third kappa shape index (κ3) is 5.39. The molecule has 0 bridgehead atoms. The molecule has 38 heavy (non-hydrogen) atoms. The van der Waals surface area contributed by atoms with Crippen molar-refractivity contribution in [2.45, 2.75) is 32.2 Å². The summed E-state index contributed by atoms with van der Waals surface area (Å²) in [6.07, 6.45) is 1.86. The zero-order chi connectivity index (χ0) is 26.8. The van der Waals surface area contributed by atoms with E-state index >= 15 is 0 Å². The Bertz CT molecular complexity index is 1380. The number of nitro groups is 1. The number of cyclic esters (lactones) is 1. The Morgan fingerprint density at radius 1 is 1.29 bits per heavy atom. The second-order valence-corrected chi connectivity index (χ2v) is 8.95. The highest BCUT2D eigenvalue weighted by Gasteiger charge is 2.33. The van der Waals surface area contributed by atoms with Gasteiger partial charge in [0.1, 0.15) is 24.7 Å². The molecule has 0 spiro atoms. The van der Waals surface area contributed by atoms with Gasteiger partial charge in [-0.05, 0) is 34.8 Å². The van der Waals surface area contributed by atoms with Crippen molar-refractivity contribution in [2.24, 2.45) is 0 Å². The van der Waals surface area contributed by atoms with Gasteiger partial charge in [0.2, 0.25) is 5.91 Å². The molecular weight excluding hydrogens is 501 g/mol. The maximum Gasteiger partial charge on any atom is 0.414 e. The molecule has 198 valence electrons. The molecule has 13 nitrogen and oxygen atoms in total. The van der Waals surface area contributed by atoms with Gasteiger partial charge in [-0.3, -0.25) is 19.2 Å². The predicted octanol–water partition coefficient (Wildman–Crippen LogP) is 2.00. The first-order chi connectivity index (χ1) is 18.3. The van der Waals surface area contributed by atoms with Gasteiger partial charge in [0.15, 0.2) is 0 Å². The molecule has 4 heterocycles. The van der Waals surface area contributed by atoms with E-state index in [9.17, 15) is 24.1 Å². The van der Waals surface area contributed by atoms with Gasteiger partial charge in [-0.25, -0.2) is 9.18 Å². The van der Waals surface area contributed by atoms with Crippen LogP contribution in [0, 0.1) is 15.9 Å². The summed E-state index contributed by atoms with van der Waals surface area (Å²) in [6, 6.07) is 8.10. The van der Waals surface area contributed by atoms with Crippen molar-refractivity contribution in [3.8, 4) is 17.3 Å². The van der Waals surface area contributed by atoms with E-state index < -0.39 is 22.9 Å². The van der Waals surface area contributed by atoms with Crippen LogP contribution in [-0.4, -0.2) is 63.3 Å². The van der Waals surface area contributed by atoms with Crippen molar-refractivity contribution >= 4 is 23.5 Å². The Morgan fingerprint density at radius 3 is 2.84 bits per heavy atom. The number of fused-ring (bicyclic) bond motifs is 1. The summed E-state index contributed by atoms with van der Waals surface area (Å²) in [5, 5.41) is 16.8. The van der Waals surface area contributed by atoms with Crippen LogP contribution in [0.25, 0.3) is 11.3 Å². The van der Waals surface area contributed by atoms with E-state index in [-0.39, 0.29) is 42.4 Å². The number of benzene rings is 1. The lowest BCUT2D eigenvalue weighted by molar-refractivity contribution is -0.389. The largest absolute Gasteiger partial charge is 0.444 e. The normalized spacial score (nSPS) is 18.5. The van der Waals surface area contributed by atoms with Crippen molar-refractivity contribution < 1.29 is 28.4 Å². The number of imidazole rings is 1. The number of ether oxygens (including phenoxy) is 2. The molecule has 0 radical (unpaired) electrons. The van der Waals surface area contributed by atoms with Gasteiger partial charge in [-0.1, -0.05) is 6.07 Å². The molecule has 0 aliphatic carbocycles. The molecule has 2 atom stereocenters. The van der Waals surface area contributed by atoms with Crippen molar-refractivity contribution in [1.82, 2.24) is 25.2 Å². The molecule has 2 aliphatic rings. The summed E-state index contributed by atoms with van der Waals surface area (Å²) in [4.78, 5) is 43.2. The third-order valence-corrected chi connectivity index (χ3v) is 6.16. The van der Waals surface area contributed by atoms with Crippen LogP contribution in [0.5, 0.6) is 6.01 Å². The lowest BCUT2D eigenvalue weighted by Crippen LogP contribution is -2.41. The number of rotatable bonds is 8. The monoisotopic (exact) mass is 525 g/mol. The number of amides is 2. The summed E-state index contributed by atoms with van der Waals surface area (Å²) in [6.45, 7) is 3.01. The van der Waals surface area contributed by atoms with Crippen LogP contribution in [0.4, 0.5) is 20.7 Å². The topological polar surface area (TPSA) is 154 Å². The van der Waals surface area contributed by atoms with Crippen molar-refractivity contribution in [3.63, 3.8) is 0 Å². The fourth-order valence-corrected chi connectivity index (χ4v) is 4.23. The highest BCUT2D eigenvalue weighted by atomic mass is 19.1. The number of pyridine rings is 1. The molecule has 1 fully saturated rings. The summed E-state index contributed by atoms with van der Waals surface area (Å²) in [5.74, 6) is -1.02. The maximum absolute atomic E-state index is 15.0. The number of carbonyl (C=O) groups is 2. The number of hydrogen-bond acceptors (Lipinski definition) is 9. The molecule has 2 N–H and O–H groups in total. The lowest BCUT2D eigenvalue weighted by atomic mass is 10.1. The Morgan fingerprint density at radius 2 is 2.13 bits per heavy atom. The van der Waals surface area contributed by atoms with Crippen LogP contribution in [0.2, 0.25) is 0 Å². The van der Waals surface area contributed by atoms with Crippen LogP contribution in [-0.2, 0) is 22.6 Å². The number of carbonyl (C=O) groups excluding carboxylic acids is 2. The Labute approximate surface area is 215 Å². The molecule has 5 rings (SSSR count). The number of nitrogens with zero attached hydrogens (tertiary/aromatic N) is 5. The molecule has 0 saturated carbocycles. The smallest absolute Gasteiger partial charge is 0.414 e. The van der Waals surface area contributed by atoms with Crippen LogP contribution < -0.4 is 20.3 Å². The van der Waals surface area contributed by atoms with E-state index in [2.05, 4.69) is 20.6 Å². The minimum atomic E-state index is -0.603. The first-order valence-electron chi connectivity index (χ1n) is 11.8. The second kappa shape index (κ2) is 10.4. The Kier molecular flexibility index (Phi) is 6.87. The SMILES string of the molecule is CC(=O)NCC1CN(c2ccc(-c3ccc(CNC4COc5nc([N+](=O)[O-])cn5C4)cn3)c(F)c2)C(=O)O1. The quantitative estimate of drug-likeness (QED) is 0.332. The van der Waals surface area contributed by atoms with Crippen LogP contribution in [0.3, 0.4) is 0 Å². The second-order valence-electron chi connectivity index (χ2n) is 8.95. The number of halogens is 1. The molecule has 1 saturated heterocycles. The minimum absolute atomic E-state index is 0.0870. The van der Waals surface area contributed by atoms with Gasteiger partial charge in [-0.2, -0.15) is 0 Å². The molecule has 2 amide bonds. The van der Waals surface area contributed by atoms with E-state index in [4.69, 9.17) is 9.47 Å². The predicted molar refractivity (Wildman–Crippen MR) is 131 cm³/mol. The zero-order valence-electron chi connectivity index (χ0n) is 20.3. The molecule has 2 aliphatic heterocycles. The summed E-state index contributed by atoms with van der Waals surface area (Å²) in [5.41, 5.74) is 1.92. The van der Waals surface area contributed by atoms with Gasteiger partial charge in [0, 0.05) is 36.8 Å². The van der Waals surface area contributed by atoms with Gasteiger partial charge < -0.3 is 30.2 Å². The van der Waals surface area contributed by atoms with Gasteiger partial charge in [0.05, 0.1) is 30.5 Å². The van der Waals surface area contributed by atoms with Gasteiger partial charge in [-0.15, -0.1) is 0 Å². The van der Waals surface area contributed by atoms with Crippen LogP contribution >= 0.6 is 0 Å². The molecule has 3 aromatic rings. The summed E-state index contributed by atoms with van der Waals surface area (Å²) in [7, 11) is 0. The van der Waals surface area contributed by atoms with E-state index in [1.807, 2.05) is 6.07 Å². The first-order valence-corrected chi connectivity index (χ1v) is 11.8. The molecule has 2 aromatic heterocycles. The highest BCUT2D eigenvalue weighted by molar-refractivity contribution is 5.90. The summed E-state index contributed by atoms with van der Waals surface area (Å²) < 4.78 is 27.3. The molecule has 14 heteroatoms. The number of anilines is 1. The standard InChI is InChI=1S/C24H24FN7O6/c1-14(33)26-9-18-11-31(24(34)38-18)17-3-4-19(20(25)6-17)21-5-2-15(8-28-21)7-27-16-10-30-12-22(32(35)36)29-23(30)37-13-16/h2-6,8,12,16,18,27H,7,9-11,13H2,1H3,(H,26,33). The van der Waals surface area contributed by atoms with E-state index in [1.165, 1.54) is 24.1 Å². The van der Waals surface area contributed by atoms with Crippen LogP contribution in [0.1, 0.15) is 12.5 Å². The fraction of sp³-hybridized carbons (Fsp3) is 0.333. The number of hydrogen-bond donors (Lipinski definition) is 2. The molecule has 2 unspecified atom stereocenters. The fourth-order valence-electron chi connectivity index (χ4n) is 4.23. The van der Waals surface area contributed by atoms with Crippen LogP contribution in [0.15, 0.2) is 42.7 Å². The van der Waals surface area contributed by atoms with Crippen molar-refractivity contribution in [3.05, 3.63) is 64.2 Å². The molecule has 1 aromatic carbocycles. The summed E-state index contributed by atoms with van der Waals surface area (Å²) >= 11 is 0. The van der Waals surface area contributed by atoms with E-state index in [1.54, 1.807) is 29.0 Å². The zero-order valence-corrected chi connectivity index (χ0v) is 20.3. The van der Waals surface area contributed by atoms with Crippen molar-refractivity contribution in [2.75, 3.05) is 24.6 Å². The minimum Gasteiger partial charge on any atom is -0.444 e. The Balaban J connectivity index is 1.18.